The Hall–Kier alpha value is -1.28. The van der Waals surface area contributed by atoms with E-state index in [2.05, 4.69) is 14.9 Å². The van der Waals surface area contributed by atoms with Crippen molar-refractivity contribution in [3.8, 4) is 0 Å². The molecule has 0 spiro atoms. The number of aromatic nitrogens is 2. The van der Waals surface area contributed by atoms with Crippen LogP contribution in [0.15, 0.2) is 6.20 Å². The Bertz CT molecular complexity index is 400. The average molecular weight is 234 g/mol. The van der Waals surface area contributed by atoms with E-state index in [4.69, 9.17) is 10.5 Å². The van der Waals surface area contributed by atoms with Gasteiger partial charge < -0.3 is 10.5 Å². The summed E-state index contributed by atoms with van der Waals surface area (Å²) in [5.74, 6) is 0.0748. The zero-order valence-electron chi connectivity index (χ0n) is 8.36. The van der Waals surface area contributed by atoms with E-state index in [0.29, 0.717) is 6.61 Å². The highest BCUT2D eigenvalue weighted by atomic mass is 32.2. The van der Waals surface area contributed by atoms with Crippen LogP contribution in [0.3, 0.4) is 0 Å². The summed E-state index contributed by atoms with van der Waals surface area (Å²) in [5, 5.41) is 6.04. The van der Waals surface area contributed by atoms with E-state index in [0.717, 1.165) is 0 Å². The Morgan fingerprint density at radius 3 is 2.93 bits per heavy atom. The molecule has 8 heteroatoms. The predicted octanol–water partition coefficient (Wildman–Crippen LogP) is -0.230. The quantitative estimate of drug-likeness (QED) is 0.589. The molecule has 1 aromatic rings. The maximum atomic E-state index is 11.4. The molecule has 0 saturated heterocycles. The fourth-order valence-electron chi connectivity index (χ4n) is 0.897. The van der Waals surface area contributed by atoms with Gasteiger partial charge in [-0.1, -0.05) is 0 Å². The third-order valence-corrected chi connectivity index (χ3v) is 2.85. The second-order valence-corrected chi connectivity index (χ2v) is 4.66. The van der Waals surface area contributed by atoms with Crippen LogP contribution in [0.5, 0.6) is 0 Å². The zero-order valence-corrected chi connectivity index (χ0v) is 9.17. The molecule has 1 rings (SSSR count). The van der Waals surface area contributed by atoms with E-state index in [9.17, 15) is 8.42 Å². The van der Waals surface area contributed by atoms with Crippen LogP contribution in [0.25, 0.3) is 0 Å². The summed E-state index contributed by atoms with van der Waals surface area (Å²) in [7, 11) is -3.43. The lowest BCUT2D eigenvalue weighted by molar-refractivity contribution is 0.163. The first-order valence-electron chi connectivity index (χ1n) is 4.42. The lowest BCUT2D eigenvalue weighted by atomic mass is 10.6. The van der Waals surface area contributed by atoms with Gasteiger partial charge in [0.25, 0.3) is 0 Å². The molecule has 0 aliphatic heterocycles. The molecule has 0 bridgehead atoms. The normalized spacial score (nSPS) is 11.5. The number of nitrogens with one attached hydrogen (secondary N) is 2. The summed E-state index contributed by atoms with van der Waals surface area (Å²) in [5.41, 5.74) is 5.71. The van der Waals surface area contributed by atoms with Crippen molar-refractivity contribution >= 4 is 21.5 Å². The number of ether oxygens (including phenoxy) is 1. The fourth-order valence-corrected chi connectivity index (χ4v) is 1.81. The topological polar surface area (TPSA) is 110 Å². The molecule has 0 aliphatic carbocycles. The number of aromatic amines is 1. The lowest BCUT2D eigenvalue weighted by Crippen LogP contribution is -2.20. The average Bonchev–Trinajstić information content (AvgIpc) is 2.51. The van der Waals surface area contributed by atoms with Crippen LogP contribution in [0.4, 0.5) is 11.5 Å². The van der Waals surface area contributed by atoms with Gasteiger partial charge in [-0.3, -0.25) is 9.82 Å². The van der Waals surface area contributed by atoms with E-state index in [1.54, 1.807) is 6.92 Å². The summed E-state index contributed by atoms with van der Waals surface area (Å²) in [6.07, 6.45) is 1.33. The number of H-pyrrole nitrogens is 1. The third kappa shape index (κ3) is 3.76. The van der Waals surface area contributed by atoms with Crippen LogP contribution in [0.1, 0.15) is 6.92 Å². The van der Waals surface area contributed by atoms with Gasteiger partial charge in [0.2, 0.25) is 10.0 Å². The minimum atomic E-state index is -3.43. The van der Waals surface area contributed by atoms with Gasteiger partial charge in [0, 0.05) is 6.61 Å². The first kappa shape index (κ1) is 11.8. The molecule has 0 aliphatic rings. The summed E-state index contributed by atoms with van der Waals surface area (Å²) >= 11 is 0. The molecule has 4 N–H and O–H groups in total. The molecule has 1 aromatic heterocycles. The van der Waals surface area contributed by atoms with Crippen molar-refractivity contribution in [3.63, 3.8) is 0 Å². The minimum Gasteiger partial charge on any atom is -0.394 e. The molecular formula is C7H14N4O3S. The van der Waals surface area contributed by atoms with Crippen molar-refractivity contribution in [3.05, 3.63) is 6.20 Å². The van der Waals surface area contributed by atoms with Crippen molar-refractivity contribution < 1.29 is 13.2 Å². The highest BCUT2D eigenvalue weighted by molar-refractivity contribution is 7.92. The number of hydrogen-bond acceptors (Lipinski definition) is 5. The van der Waals surface area contributed by atoms with Gasteiger partial charge in [0.1, 0.15) is 0 Å². The van der Waals surface area contributed by atoms with E-state index >= 15 is 0 Å². The van der Waals surface area contributed by atoms with Crippen LogP contribution in [0, 0.1) is 0 Å². The molecule has 1 heterocycles. The molecule has 0 fully saturated rings. The minimum absolute atomic E-state index is 0.112. The number of nitrogen functional groups attached to an aromatic ring is 1. The Balaban J connectivity index is 2.53. The van der Waals surface area contributed by atoms with Crippen LogP contribution in [-0.2, 0) is 14.8 Å². The fraction of sp³-hybridized carbons (Fsp3) is 0.571. The van der Waals surface area contributed by atoms with Gasteiger partial charge in [-0.05, 0) is 6.92 Å². The highest BCUT2D eigenvalue weighted by Gasteiger charge is 2.12. The highest BCUT2D eigenvalue weighted by Crippen LogP contribution is 2.13. The number of rotatable bonds is 6. The summed E-state index contributed by atoms with van der Waals surface area (Å²) in [4.78, 5) is 0. The van der Waals surface area contributed by atoms with Gasteiger partial charge in [0.15, 0.2) is 5.82 Å². The van der Waals surface area contributed by atoms with E-state index < -0.39 is 10.0 Å². The van der Waals surface area contributed by atoms with Crippen LogP contribution < -0.4 is 10.5 Å². The van der Waals surface area contributed by atoms with Crippen molar-refractivity contribution in [2.75, 3.05) is 29.4 Å². The second-order valence-electron chi connectivity index (χ2n) is 2.82. The molecule has 0 radical (unpaired) electrons. The largest absolute Gasteiger partial charge is 0.394 e. The number of hydrogen-bond donors (Lipinski definition) is 3. The molecule has 0 saturated carbocycles. The van der Waals surface area contributed by atoms with Crippen molar-refractivity contribution in [2.45, 2.75) is 6.92 Å². The molecule has 0 atom stereocenters. The van der Waals surface area contributed by atoms with Gasteiger partial charge >= 0.3 is 0 Å². The Morgan fingerprint density at radius 2 is 2.40 bits per heavy atom. The first-order chi connectivity index (χ1) is 7.05. The monoisotopic (exact) mass is 234 g/mol. The number of nitrogens with zero attached hydrogens (tertiary/aromatic N) is 1. The smallest absolute Gasteiger partial charge is 0.236 e. The first-order valence-corrected chi connectivity index (χ1v) is 6.07. The molecule has 7 nitrogen and oxygen atoms in total. The molecule has 86 valence electrons. The maximum Gasteiger partial charge on any atom is 0.236 e. The van der Waals surface area contributed by atoms with Crippen molar-refractivity contribution in [1.82, 2.24) is 10.2 Å². The Labute approximate surface area is 88.1 Å². The van der Waals surface area contributed by atoms with E-state index in [1.807, 2.05) is 0 Å². The van der Waals surface area contributed by atoms with Gasteiger partial charge in [-0.15, -0.1) is 0 Å². The van der Waals surface area contributed by atoms with Crippen LogP contribution >= 0.6 is 0 Å². The van der Waals surface area contributed by atoms with Crippen molar-refractivity contribution in [1.29, 1.82) is 0 Å². The predicted molar refractivity (Wildman–Crippen MR) is 56.9 cm³/mol. The van der Waals surface area contributed by atoms with Crippen molar-refractivity contribution in [2.24, 2.45) is 0 Å². The molecule has 0 amide bonds. The van der Waals surface area contributed by atoms with Crippen LogP contribution in [-0.4, -0.2) is 37.6 Å². The number of anilines is 2. The van der Waals surface area contributed by atoms with E-state index in [-0.39, 0.29) is 23.9 Å². The summed E-state index contributed by atoms with van der Waals surface area (Å²) in [6.45, 7) is 2.44. The Kier molecular flexibility index (Phi) is 3.92. The molecule has 0 aromatic carbocycles. The van der Waals surface area contributed by atoms with Gasteiger partial charge in [-0.2, -0.15) is 5.10 Å². The van der Waals surface area contributed by atoms with Crippen LogP contribution in [0.2, 0.25) is 0 Å². The Morgan fingerprint density at radius 1 is 1.67 bits per heavy atom. The molecule has 0 unspecified atom stereocenters. The lowest BCUT2D eigenvalue weighted by Gasteiger charge is -2.06. The van der Waals surface area contributed by atoms with E-state index in [1.165, 1.54) is 6.20 Å². The summed E-state index contributed by atoms with van der Waals surface area (Å²) in [6, 6.07) is 0. The van der Waals surface area contributed by atoms with Gasteiger partial charge in [0.05, 0.1) is 24.2 Å². The maximum absolute atomic E-state index is 11.4. The number of sulfonamides is 1. The zero-order chi connectivity index (χ0) is 11.3. The third-order valence-electron chi connectivity index (χ3n) is 1.63. The molecule has 15 heavy (non-hydrogen) atoms. The number of nitrogens with two attached hydrogens (primary N) is 1. The standard InChI is InChI=1S/C7H14N4O3S/c1-2-14-3-4-15(12,13)11-7-6(8)5-9-10-7/h5H,2-4,8H2,1H3,(H2,9,10,11). The van der Waals surface area contributed by atoms with Gasteiger partial charge in [-0.25, -0.2) is 8.42 Å². The second kappa shape index (κ2) is 4.99. The molecular weight excluding hydrogens is 220 g/mol. The summed E-state index contributed by atoms with van der Waals surface area (Å²) < 4.78 is 30.1. The SMILES string of the molecule is CCOCCS(=O)(=O)Nc1[nH]ncc1N.